The highest BCUT2D eigenvalue weighted by molar-refractivity contribution is 5.96. The number of nitrogens with zero attached hydrogens (tertiary/aromatic N) is 2. The first kappa shape index (κ1) is 22.1. The van der Waals surface area contributed by atoms with Crippen LogP contribution < -0.4 is 0 Å². The summed E-state index contributed by atoms with van der Waals surface area (Å²) < 4.78 is 11.2. The summed E-state index contributed by atoms with van der Waals surface area (Å²) in [6.45, 7) is 6.31. The molecule has 1 aromatic carbocycles. The molecule has 6 heteroatoms. The van der Waals surface area contributed by atoms with Crippen molar-refractivity contribution in [3.05, 3.63) is 59.5 Å². The van der Waals surface area contributed by atoms with Gasteiger partial charge < -0.3 is 19.0 Å². The van der Waals surface area contributed by atoms with Gasteiger partial charge in [0.05, 0.1) is 18.9 Å². The Hall–Kier alpha value is -2.60. The molecular formula is C24H32N2O4. The topological polar surface area (TPSA) is 63.0 Å². The first-order chi connectivity index (χ1) is 14.6. The SMILES string of the molecule is CCCN(CC(=O)N(Cc1ccco1)C[C@H]1CCCO1)C(=O)c1ccc(CC)cc1. The van der Waals surface area contributed by atoms with Gasteiger partial charge in [-0.1, -0.05) is 26.0 Å². The number of rotatable bonds is 10. The van der Waals surface area contributed by atoms with Gasteiger partial charge in [0.25, 0.3) is 5.91 Å². The van der Waals surface area contributed by atoms with Gasteiger partial charge in [-0.05, 0) is 55.5 Å². The molecule has 2 heterocycles. The van der Waals surface area contributed by atoms with Gasteiger partial charge in [0.1, 0.15) is 12.3 Å². The molecule has 0 radical (unpaired) electrons. The first-order valence-corrected chi connectivity index (χ1v) is 10.9. The van der Waals surface area contributed by atoms with E-state index in [0.717, 1.165) is 38.1 Å². The number of hydrogen-bond donors (Lipinski definition) is 0. The number of hydrogen-bond acceptors (Lipinski definition) is 4. The third kappa shape index (κ3) is 5.95. The first-order valence-electron chi connectivity index (χ1n) is 10.9. The van der Waals surface area contributed by atoms with E-state index in [2.05, 4.69) is 6.92 Å². The Bertz CT molecular complexity index is 795. The second-order valence-corrected chi connectivity index (χ2v) is 7.77. The summed E-state index contributed by atoms with van der Waals surface area (Å²) in [6, 6.07) is 11.3. The van der Waals surface area contributed by atoms with Crippen LogP contribution in [0.25, 0.3) is 0 Å². The van der Waals surface area contributed by atoms with Crippen LogP contribution in [0.5, 0.6) is 0 Å². The van der Waals surface area contributed by atoms with E-state index in [4.69, 9.17) is 9.15 Å². The number of aryl methyl sites for hydroxylation is 1. The lowest BCUT2D eigenvalue weighted by atomic mass is 10.1. The van der Waals surface area contributed by atoms with E-state index in [1.54, 1.807) is 16.1 Å². The Morgan fingerprint density at radius 1 is 1.10 bits per heavy atom. The molecule has 2 amide bonds. The van der Waals surface area contributed by atoms with Gasteiger partial charge in [0.2, 0.25) is 5.91 Å². The standard InChI is InChI=1S/C24H32N2O4/c1-3-13-25(24(28)20-11-9-19(4-2)10-12-20)18-23(27)26(16-21-7-5-14-29-21)17-22-8-6-15-30-22/h5,7,9-12,14,22H,3-4,6,8,13,15-18H2,1-2H3/t22-/m1/s1. The van der Waals surface area contributed by atoms with Crippen LogP contribution in [0.4, 0.5) is 0 Å². The van der Waals surface area contributed by atoms with Gasteiger partial charge in [-0.3, -0.25) is 9.59 Å². The van der Waals surface area contributed by atoms with Crippen LogP contribution in [-0.4, -0.2) is 54.0 Å². The maximum atomic E-state index is 13.2. The number of carbonyl (C=O) groups excluding carboxylic acids is 2. The number of amides is 2. The van der Waals surface area contributed by atoms with Gasteiger partial charge in [0, 0.05) is 25.3 Å². The van der Waals surface area contributed by atoms with Crippen LogP contribution in [0, 0.1) is 0 Å². The molecule has 30 heavy (non-hydrogen) atoms. The third-order valence-corrected chi connectivity index (χ3v) is 5.44. The minimum absolute atomic E-state index is 0.0424. The van der Waals surface area contributed by atoms with Crippen LogP contribution in [0.1, 0.15) is 54.8 Å². The van der Waals surface area contributed by atoms with Gasteiger partial charge in [-0.25, -0.2) is 0 Å². The summed E-state index contributed by atoms with van der Waals surface area (Å²) in [5.74, 6) is 0.529. The Labute approximate surface area is 178 Å². The van der Waals surface area contributed by atoms with Crippen molar-refractivity contribution < 1.29 is 18.7 Å². The molecule has 0 N–H and O–H groups in total. The second kappa shape index (κ2) is 11.0. The quantitative estimate of drug-likeness (QED) is 0.594. The number of ether oxygens (including phenoxy) is 1. The number of benzene rings is 1. The van der Waals surface area contributed by atoms with E-state index in [9.17, 15) is 9.59 Å². The molecule has 1 aliphatic rings. The Balaban J connectivity index is 1.71. The molecule has 3 rings (SSSR count). The van der Waals surface area contributed by atoms with E-state index in [1.165, 1.54) is 5.56 Å². The minimum Gasteiger partial charge on any atom is -0.467 e. The molecule has 1 aromatic heterocycles. The number of carbonyl (C=O) groups is 2. The van der Waals surface area contributed by atoms with E-state index < -0.39 is 0 Å². The van der Waals surface area contributed by atoms with Crippen molar-refractivity contribution >= 4 is 11.8 Å². The van der Waals surface area contributed by atoms with E-state index in [1.807, 2.05) is 43.3 Å². The summed E-state index contributed by atoms with van der Waals surface area (Å²) >= 11 is 0. The maximum Gasteiger partial charge on any atom is 0.254 e. The zero-order valence-electron chi connectivity index (χ0n) is 18.0. The zero-order chi connectivity index (χ0) is 21.3. The predicted molar refractivity (Wildman–Crippen MR) is 115 cm³/mol. The van der Waals surface area contributed by atoms with Gasteiger partial charge in [-0.2, -0.15) is 0 Å². The third-order valence-electron chi connectivity index (χ3n) is 5.44. The van der Waals surface area contributed by atoms with E-state index in [0.29, 0.717) is 25.2 Å². The molecule has 1 fully saturated rings. The molecule has 2 aromatic rings. The lowest BCUT2D eigenvalue weighted by molar-refractivity contribution is -0.134. The second-order valence-electron chi connectivity index (χ2n) is 7.77. The molecule has 0 bridgehead atoms. The average molecular weight is 413 g/mol. The fourth-order valence-electron chi connectivity index (χ4n) is 3.73. The largest absolute Gasteiger partial charge is 0.467 e. The molecule has 1 saturated heterocycles. The zero-order valence-corrected chi connectivity index (χ0v) is 18.0. The molecule has 1 aliphatic heterocycles. The van der Waals surface area contributed by atoms with Crippen LogP contribution >= 0.6 is 0 Å². The smallest absolute Gasteiger partial charge is 0.254 e. The lowest BCUT2D eigenvalue weighted by Crippen LogP contribution is -2.45. The molecule has 0 saturated carbocycles. The summed E-state index contributed by atoms with van der Waals surface area (Å²) in [5.41, 5.74) is 1.80. The summed E-state index contributed by atoms with van der Waals surface area (Å²) in [6.07, 6.45) is 5.33. The highest BCUT2D eigenvalue weighted by Crippen LogP contribution is 2.16. The Morgan fingerprint density at radius 3 is 2.50 bits per heavy atom. The van der Waals surface area contributed by atoms with E-state index >= 15 is 0 Å². The fourth-order valence-corrected chi connectivity index (χ4v) is 3.73. The summed E-state index contributed by atoms with van der Waals surface area (Å²) in [4.78, 5) is 29.7. The highest BCUT2D eigenvalue weighted by atomic mass is 16.5. The molecule has 6 nitrogen and oxygen atoms in total. The van der Waals surface area contributed by atoms with Crippen LogP contribution in [-0.2, 0) is 22.5 Å². The van der Waals surface area contributed by atoms with Crippen molar-refractivity contribution in [2.45, 2.75) is 52.2 Å². The highest BCUT2D eigenvalue weighted by Gasteiger charge is 2.26. The van der Waals surface area contributed by atoms with Crippen molar-refractivity contribution in [1.82, 2.24) is 9.80 Å². The van der Waals surface area contributed by atoms with Gasteiger partial charge in [-0.15, -0.1) is 0 Å². The predicted octanol–water partition coefficient (Wildman–Crippen LogP) is 3.90. The van der Waals surface area contributed by atoms with Gasteiger partial charge in [0.15, 0.2) is 0 Å². The molecule has 1 atom stereocenters. The lowest BCUT2D eigenvalue weighted by Gasteiger charge is -2.28. The average Bonchev–Trinajstić information content (AvgIpc) is 3.47. The summed E-state index contributed by atoms with van der Waals surface area (Å²) in [7, 11) is 0. The molecule has 162 valence electrons. The normalized spacial score (nSPS) is 15.9. The summed E-state index contributed by atoms with van der Waals surface area (Å²) in [5, 5.41) is 0. The fraction of sp³-hybridized carbons (Fsp3) is 0.500. The monoisotopic (exact) mass is 412 g/mol. The maximum absolute atomic E-state index is 13.2. The van der Waals surface area contributed by atoms with Crippen molar-refractivity contribution in [2.75, 3.05) is 26.2 Å². The van der Waals surface area contributed by atoms with Crippen molar-refractivity contribution in [3.63, 3.8) is 0 Å². The van der Waals surface area contributed by atoms with Crippen LogP contribution in [0.2, 0.25) is 0 Å². The molecule has 0 spiro atoms. The van der Waals surface area contributed by atoms with Gasteiger partial charge >= 0.3 is 0 Å². The Kier molecular flexibility index (Phi) is 8.08. The van der Waals surface area contributed by atoms with Crippen LogP contribution in [0.3, 0.4) is 0 Å². The van der Waals surface area contributed by atoms with Crippen molar-refractivity contribution in [2.24, 2.45) is 0 Å². The Morgan fingerprint density at radius 2 is 1.90 bits per heavy atom. The van der Waals surface area contributed by atoms with Crippen LogP contribution in [0.15, 0.2) is 47.1 Å². The molecule has 0 aliphatic carbocycles. The van der Waals surface area contributed by atoms with E-state index in [-0.39, 0.29) is 24.5 Å². The number of furan rings is 1. The van der Waals surface area contributed by atoms with Crippen molar-refractivity contribution in [1.29, 1.82) is 0 Å². The minimum atomic E-state index is -0.108. The molecule has 0 unspecified atom stereocenters. The van der Waals surface area contributed by atoms with Crippen molar-refractivity contribution in [3.8, 4) is 0 Å². The molecular weight excluding hydrogens is 380 g/mol.